The molecule has 1 aromatic carbocycles. The van der Waals surface area contributed by atoms with Crippen molar-refractivity contribution in [2.24, 2.45) is 0 Å². The summed E-state index contributed by atoms with van der Waals surface area (Å²) in [7, 11) is -0.811. The molecular formula is C16H20FN3O3S2. The Morgan fingerprint density at radius 2 is 2.16 bits per heavy atom. The summed E-state index contributed by atoms with van der Waals surface area (Å²) in [6.07, 6.45) is -0.820. The number of amides is 1. The van der Waals surface area contributed by atoms with Crippen LogP contribution in [0.1, 0.15) is 6.92 Å². The van der Waals surface area contributed by atoms with Gasteiger partial charge >= 0.3 is 6.09 Å². The summed E-state index contributed by atoms with van der Waals surface area (Å²) in [5, 5.41) is 2.97. The number of thiocarbonyl (C=S) groups is 1. The fourth-order valence-electron chi connectivity index (χ4n) is 2.90. The molecule has 0 saturated carbocycles. The smallest absolute Gasteiger partial charge is 0.414 e. The van der Waals surface area contributed by atoms with Gasteiger partial charge in [-0.3, -0.25) is 9.11 Å². The van der Waals surface area contributed by atoms with Gasteiger partial charge in [0.2, 0.25) is 0 Å². The molecule has 2 fully saturated rings. The highest BCUT2D eigenvalue weighted by molar-refractivity contribution is 7.85. The lowest BCUT2D eigenvalue weighted by atomic mass is 10.2. The number of rotatable bonds is 4. The number of anilines is 2. The molecule has 136 valence electrons. The van der Waals surface area contributed by atoms with Crippen molar-refractivity contribution in [2.45, 2.75) is 13.0 Å². The molecule has 6 nitrogen and oxygen atoms in total. The van der Waals surface area contributed by atoms with E-state index in [2.05, 4.69) is 5.32 Å². The first kappa shape index (κ1) is 18.1. The summed E-state index contributed by atoms with van der Waals surface area (Å²) in [6, 6.07) is 4.73. The zero-order valence-corrected chi connectivity index (χ0v) is 15.5. The zero-order valence-electron chi connectivity index (χ0n) is 13.9. The first-order valence-corrected chi connectivity index (χ1v) is 9.95. The van der Waals surface area contributed by atoms with Crippen molar-refractivity contribution < 1.29 is 18.1 Å². The standard InChI is InChI=1S/C16H20FN3O3S2/c1-11(24)18-9-13-10-20(16(21)23-13)12-2-3-15(14(17)8-12)19-4-6-25(22)7-5-19/h2-3,8,13H,4-7,9-10H2,1H3,(H,18,24). The third-order valence-electron chi connectivity index (χ3n) is 4.21. The number of nitrogens with zero attached hydrogens (tertiary/aromatic N) is 2. The van der Waals surface area contributed by atoms with Crippen LogP contribution in [-0.4, -0.2) is 59.1 Å². The van der Waals surface area contributed by atoms with Crippen LogP contribution in [0.3, 0.4) is 0 Å². The SMILES string of the molecule is CC(=S)NCC1CN(c2ccc(N3CCS(=O)CC3)c(F)c2)C(=O)O1. The van der Waals surface area contributed by atoms with Gasteiger partial charge in [-0.1, -0.05) is 12.2 Å². The summed E-state index contributed by atoms with van der Waals surface area (Å²) < 4.78 is 31.2. The fraction of sp³-hybridized carbons (Fsp3) is 0.500. The molecule has 2 aliphatic rings. The summed E-state index contributed by atoms with van der Waals surface area (Å²) >= 11 is 4.94. The lowest BCUT2D eigenvalue weighted by Crippen LogP contribution is -2.38. The minimum absolute atomic E-state index is 0.329. The average molecular weight is 385 g/mol. The third kappa shape index (κ3) is 4.27. The number of hydrogen-bond acceptors (Lipinski definition) is 5. The van der Waals surface area contributed by atoms with Crippen molar-refractivity contribution in [1.82, 2.24) is 5.32 Å². The number of cyclic esters (lactones) is 1. The highest BCUT2D eigenvalue weighted by atomic mass is 32.2. The second kappa shape index (κ2) is 7.65. The molecule has 1 amide bonds. The maximum absolute atomic E-state index is 14.5. The molecule has 0 aromatic heterocycles. The van der Waals surface area contributed by atoms with E-state index in [1.807, 2.05) is 4.90 Å². The topological polar surface area (TPSA) is 61.9 Å². The van der Waals surface area contributed by atoms with Crippen LogP contribution in [0.25, 0.3) is 0 Å². The lowest BCUT2D eigenvalue weighted by Gasteiger charge is -2.29. The Morgan fingerprint density at radius 3 is 2.80 bits per heavy atom. The van der Waals surface area contributed by atoms with E-state index in [1.165, 1.54) is 11.0 Å². The Labute approximate surface area is 153 Å². The largest absolute Gasteiger partial charge is 0.442 e. The Balaban J connectivity index is 1.69. The first-order valence-electron chi connectivity index (χ1n) is 8.06. The van der Waals surface area contributed by atoms with Crippen LogP contribution in [0.5, 0.6) is 0 Å². The molecule has 0 spiro atoms. The predicted molar refractivity (Wildman–Crippen MR) is 100 cm³/mol. The quantitative estimate of drug-likeness (QED) is 0.796. The molecule has 3 rings (SSSR count). The van der Waals surface area contributed by atoms with E-state index in [1.54, 1.807) is 19.1 Å². The van der Waals surface area contributed by atoms with Crippen molar-refractivity contribution in [1.29, 1.82) is 0 Å². The van der Waals surface area contributed by atoms with E-state index < -0.39 is 22.7 Å². The summed E-state index contributed by atoms with van der Waals surface area (Å²) in [6.45, 7) is 3.67. The fourth-order valence-corrected chi connectivity index (χ4v) is 4.03. The van der Waals surface area contributed by atoms with Crippen LogP contribution < -0.4 is 15.1 Å². The van der Waals surface area contributed by atoms with E-state index >= 15 is 0 Å². The Kier molecular flexibility index (Phi) is 5.53. The van der Waals surface area contributed by atoms with Gasteiger partial charge in [-0.2, -0.15) is 0 Å². The predicted octanol–water partition coefficient (Wildman–Crippen LogP) is 1.66. The lowest BCUT2D eigenvalue weighted by molar-refractivity contribution is 0.143. The Bertz CT molecular complexity index is 706. The van der Waals surface area contributed by atoms with E-state index in [4.69, 9.17) is 17.0 Å². The molecule has 0 aliphatic carbocycles. The Hall–Kier alpha value is -1.74. The number of carbonyl (C=O) groups excluding carboxylic acids is 1. The van der Waals surface area contributed by atoms with E-state index in [0.717, 1.165) is 0 Å². The van der Waals surface area contributed by atoms with Gasteiger partial charge < -0.3 is 15.0 Å². The maximum Gasteiger partial charge on any atom is 0.414 e. The summed E-state index contributed by atoms with van der Waals surface area (Å²) in [4.78, 5) is 16.0. The molecule has 0 radical (unpaired) electrons. The number of nitrogens with one attached hydrogen (secondary N) is 1. The minimum Gasteiger partial charge on any atom is -0.442 e. The third-order valence-corrected chi connectivity index (χ3v) is 5.63. The van der Waals surface area contributed by atoms with Gasteiger partial charge in [0.1, 0.15) is 11.9 Å². The highest BCUT2D eigenvalue weighted by Gasteiger charge is 2.32. The van der Waals surface area contributed by atoms with Gasteiger partial charge in [-0.05, 0) is 25.1 Å². The van der Waals surface area contributed by atoms with Crippen LogP contribution in [0, 0.1) is 5.82 Å². The number of benzene rings is 1. The van der Waals surface area contributed by atoms with Gasteiger partial charge in [0, 0.05) is 35.4 Å². The minimum atomic E-state index is -0.811. The van der Waals surface area contributed by atoms with Crippen LogP contribution >= 0.6 is 12.2 Å². The molecule has 9 heteroatoms. The normalized spacial score (nSPS) is 21.4. The molecule has 2 aliphatic heterocycles. The molecule has 0 bridgehead atoms. The molecule has 2 saturated heterocycles. The van der Waals surface area contributed by atoms with E-state index in [9.17, 15) is 13.4 Å². The summed E-state index contributed by atoms with van der Waals surface area (Å²) in [5.41, 5.74) is 0.941. The molecular weight excluding hydrogens is 365 g/mol. The number of ether oxygens (including phenoxy) is 1. The van der Waals surface area contributed by atoms with Gasteiger partial charge in [0.25, 0.3) is 0 Å². The van der Waals surface area contributed by atoms with Crippen molar-refractivity contribution in [3.05, 3.63) is 24.0 Å². The van der Waals surface area contributed by atoms with E-state index in [-0.39, 0.29) is 6.10 Å². The molecule has 1 unspecified atom stereocenters. The molecule has 1 N–H and O–H groups in total. The number of halogens is 1. The van der Waals surface area contributed by atoms with Gasteiger partial charge in [0.15, 0.2) is 0 Å². The molecule has 2 heterocycles. The maximum atomic E-state index is 14.5. The van der Waals surface area contributed by atoms with Crippen molar-refractivity contribution >= 4 is 45.5 Å². The van der Waals surface area contributed by atoms with Crippen LogP contribution in [0.2, 0.25) is 0 Å². The van der Waals surface area contributed by atoms with Crippen molar-refractivity contribution in [2.75, 3.05) is 47.5 Å². The van der Waals surface area contributed by atoms with Gasteiger partial charge in [-0.15, -0.1) is 0 Å². The average Bonchev–Trinajstić information content (AvgIpc) is 2.95. The number of carbonyl (C=O) groups is 1. The highest BCUT2D eigenvalue weighted by Crippen LogP contribution is 2.28. The second-order valence-corrected chi connectivity index (χ2v) is 8.33. The van der Waals surface area contributed by atoms with Crippen LogP contribution in [-0.2, 0) is 15.5 Å². The molecule has 1 atom stereocenters. The van der Waals surface area contributed by atoms with Crippen LogP contribution in [0.15, 0.2) is 18.2 Å². The van der Waals surface area contributed by atoms with Gasteiger partial charge in [-0.25, -0.2) is 9.18 Å². The van der Waals surface area contributed by atoms with Gasteiger partial charge in [0.05, 0.1) is 29.5 Å². The van der Waals surface area contributed by atoms with E-state index in [0.29, 0.717) is 54.0 Å². The zero-order chi connectivity index (χ0) is 18.0. The summed E-state index contributed by atoms with van der Waals surface area (Å²) in [5.74, 6) is 0.704. The molecule has 1 aromatic rings. The van der Waals surface area contributed by atoms with Crippen LogP contribution in [0.4, 0.5) is 20.6 Å². The monoisotopic (exact) mass is 385 g/mol. The van der Waals surface area contributed by atoms with Crippen molar-refractivity contribution in [3.63, 3.8) is 0 Å². The second-order valence-electron chi connectivity index (χ2n) is 6.02. The first-order chi connectivity index (χ1) is 11.9. The van der Waals surface area contributed by atoms with Crippen molar-refractivity contribution in [3.8, 4) is 0 Å². The number of hydrogen-bond donors (Lipinski definition) is 1. The Morgan fingerprint density at radius 1 is 1.44 bits per heavy atom. The molecule has 25 heavy (non-hydrogen) atoms.